The third-order valence-electron chi connectivity index (χ3n) is 2.74. The quantitative estimate of drug-likeness (QED) is 0.825. The molecule has 3 heteroatoms. The Morgan fingerprint density at radius 3 is 2.31 bits per heavy atom. The number of hydrogen-bond acceptors (Lipinski definition) is 1. The molecule has 90 valence electrons. The largest absolute Gasteiger partial charge is 0.313 e. The van der Waals surface area contributed by atoms with Gasteiger partial charge in [0.1, 0.15) is 5.82 Å². The van der Waals surface area contributed by atoms with Crippen molar-refractivity contribution in [2.24, 2.45) is 5.41 Å². The van der Waals surface area contributed by atoms with Gasteiger partial charge in [-0.2, -0.15) is 0 Å². The minimum atomic E-state index is -0.252. The van der Waals surface area contributed by atoms with E-state index < -0.39 is 0 Å². The van der Waals surface area contributed by atoms with Crippen LogP contribution in [0, 0.1) is 18.2 Å². The van der Waals surface area contributed by atoms with Gasteiger partial charge in [0, 0.05) is 11.1 Å². The van der Waals surface area contributed by atoms with Crippen molar-refractivity contribution in [2.45, 2.75) is 33.7 Å². The van der Waals surface area contributed by atoms with Gasteiger partial charge in [-0.15, -0.1) is 0 Å². The lowest BCUT2D eigenvalue weighted by molar-refractivity contribution is 0.287. The number of rotatable bonds is 2. The minimum absolute atomic E-state index is 0.0304. The zero-order valence-corrected chi connectivity index (χ0v) is 11.2. The monoisotopic (exact) mass is 243 g/mol. The maximum atomic E-state index is 13.3. The highest BCUT2D eigenvalue weighted by atomic mass is 35.5. The molecule has 0 amide bonds. The molecule has 0 saturated carbocycles. The lowest BCUT2D eigenvalue weighted by atomic mass is 9.82. The van der Waals surface area contributed by atoms with Crippen molar-refractivity contribution in [3.63, 3.8) is 0 Å². The summed E-state index contributed by atoms with van der Waals surface area (Å²) in [5.41, 5.74) is 1.61. The van der Waals surface area contributed by atoms with Gasteiger partial charge in [-0.05, 0) is 36.6 Å². The molecule has 1 atom stereocenters. The van der Waals surface area contributed by atoms with Crippen molar-refractivity contribution in [1.29, 1.82) is 0 Å². The van der Waals surface area contributed by atoms with E-state index in [4.69, 9.17) is 11.6 Å². The summed E-state index contributed by atoms with van der Waals surface area (Å²) < 4.78 is 13.3. The van der Waals surface area contributed by atoms with E-state index in [9.17, 15) is 4.39 Å². The smallest absolute Gasteiger partial charge is 0.127 e. The lowest BCUT2D eigenvalue weighted by Crippen LogP contribution is -2.30. The number of aryl methyl sites for hydroxylation is 1. The van der Waals surface area contributed by atoms with Crippen LogP contribution in [0.4, 0.5) is 4.39 Å². The molecular formula is C13H19ClFN. The van der Waals surface area contributed by atoms with Crippen molar-refractivity contribution >= 4 is 11.6 Å². The van der Waals surface area contributed by atoms with Crippen molar-refractivity contribution in [1.82, 2.24) is 5.32 Å². The van der Waals surface area contributed by atoms with Crippen molar-refractivity contribution in [3.05, 3.63) is 34.1 Å². The van der Waals surface area contributed by atoms with E-state index in [1.165, 1.54) is 6.07 Å². The molecule has 0 aliphatic rings. The van der Waals surface area contributed by atoms with Crippen LogP contribution in [0.5, 0.6) is 0 Å². The minimum Gasteiger partial charge on any atom is -0.313 e. The van der Waals surface area contributed by atoms with Crippen LogP contribution in [0.2, 0.25) is 5.02 Å². The van der Waals surface area contributed by atoms with Crippen LogP contribution < -0.4 is 5.32 Å². The summed E-state index contributed by atoms with van der Waals surface area (Å²) in [6.45, 7) is 8.14. The molecule has 0 heterocycles. The molecule has 0 bridgehead atoms. The van der Waals surface area contributed by atoms with Gasteiger partial charge in [0.15, 0.2) is 0 Å². The van der Waals surface area contributed by atoms with Gasteiger partial charge >= 0.3 is 0 Å². The molecule has 0 aliphatic heterocycles. The number of halogens is 2. The van der Waals surface area contributed by atoms with Crippen LogP contribution >= 0.6 is 11.6 Å². The molecule has 0 fully saturated rings. The number of hydrogen-bond donors (Lipinski definition) is 1. The zero-order valence-electron chi connectivity index (χ0n) is 10.5. The van der Waals surface area contributed by atoms with Crippen LogP contribution in [-0.4, -0.2) is 7.05 Å². The summed E-state index contributed by atoms with van der Waals surface area (Å²) in [4.78, 5) is 0. The summed E-state index contributed by atoms with van der Waals surface area (Å²) >= 11 is 6.10. The van der Waals surface area contributed by atoms with E-state index in [-0.39, 0.29) is 17.3 Å². The molecule has 0 aromatic heterocycles. The molecule has 16 heavy (non-hydrogen) atoms. The standard InChI is InChI=1S/C13H19ClFN/c1-8-6-9(10(14)7-11(8)15)12(16-5)13(2,3)4/h6-7,12,16H,1-5H3. The molecule has 0 aliphatic carbocycles. The topological polar surface area (TPSA) is 12.0 Å². The van der Waals surface area contributed by atoms with Crippen LogP contribution in [-0.2, 0) is 0 Å². The average molecular weight is 244 g/mol. The summed E-state index contributed by atoms with van der Waals surface area (Å²) in [6.07, 6.45) is 0. The van der Waals surface area contributed by atoms with E-state index in [2.05, 4.69) is 26.1 Å². The maximum absolute atomic E-state index is 13.3. The van der Waals surface area contributed by atoms with Gasteiger partial charge in [0.05, 0.1) is 0 Å². The Balaban J connectivity index is 3.26. The van der Waals surface area contributed by atoms with Gasteiger partial charge in [-0.1, -0.05) is 38.4 Å². The summed E-state index contributed by atoms with van der Waals surface area (Å²) in [6, 6.07) is 3.33. The first-order valence-corrected chi connectivity index (χ1v) is 5.78. The molecule has 0 radical (unpaired) electrons. The first-order chi connectivity index (χ1) is 7.27. The zero-order chi connectivity index (χ0) is 12.5. The molecule has 1 N–H and O–H groups in total. The molecule has 0 saturated heterocycles. The summed E-state index contributed by atoms with van der Waals surface area (Å²) in [7, 11) is 1.89. The third kappa shape index (κ3) is 2.74. The van der Waals surface area contributed by atoms with E-state index in [1.807, 2.05) is 13.1 Å². The van der Waals surface area contributed by atoms with Gasteiger partial charge in [-0.3, -0.25) is 0 Å². The van der Waals surface area contributed by atoms with Crippen LogP contribution in [0.3, 0.4) is 0 Å². The van der Waals surface area contributed by atoms with E-state index in [0.29, 0.717) is 10.6 Å². The molecule has 0 spiro atoms. The number of nitrogens with one attached hydrogen (secondary N) is 1. The Kier molecular flexibility index (Phi) is 3.97. The van der Waals surface area contributed by atoms with Gasteiger partial charge in [0.2, 0.25) is 0 Å². The summed E-state index contributed by atoms with van der Waals surface area (Å²) in [5, 5.41) is 3.72. The van der Waals surface area contributed by atoms with Gasteiger partial charge < -0.3 is 5.32 Å². The highest BCUT2D eigenvalue weighted by Crippen LogP contribution is 2.36. The Morgan fingerprint density at radius 1 is 1.31 bits per heavy atom. The van der Waals surface area contributed by atoms with Gasteiger partial charge in [0.25, 0.3) is 0 Å². The van der Waals surface area contributed by atoms with Crippen molar-refractivity contribution < 1.29 is 4.39 Å². The molecule has 1 unspecified atom stereocenters. The maximum Gasteiger partial charge on any atom is 0.127 e. The Bertz CT molecular complexity index is 382. The Hall–Kier alpha value is -0.600. The average Bonchev–Trinajstić information content (AvgIpc) is 2.12. The molecule has 1 rings (SSSR count). The van der Waals surface area contributed by atoms with Crippen molar-refractivity contribution in [2.75, 3.05) is 7.05 Å². The second-order valence-electron chi connectivity index (χ2n) is 5.21. The predicted octanol–water partition coefficient (Wildman–Crippen LogP) is 4.09. The van der Waals surface area contributed by atoms with Gasteiger partial charge in [-0.25, -0.2) is 4.39 Å². The van der Waals surface area contributed by atoms with Crippen LogP contribution in [0.15, 0.2) is 12.1 Å². The van der Waals surface area contributed by atoms with Crippen LogP contribution in [0.25, 0.3) is 0 Å². The summed E-state index contributed by atoms with van der Waals surface area (Å²) in [5.74, 6) is -0.252. The normalized spacial score (nSPS) is 13.9. The second-order valence-corrected chi connectivity index (χ2v) is 5.62. The Morgan fingerprint density at radius 2 is 1.88 bits per heavy atom. The second kappa shape index (κ2) is 4.72. The first kappa shape index (κ1) is 13.5. The number of benzene rings is 1. The van der Waals surface area contributed by atoms with Crippen molar-refractivity contribution in [3.8, 4) is 0 Å². The highest BCUT2D eigenvalue weighted by Gasteiger charge is 2.26. The molecule has 1 nitrogen and oxygen atoms in total. The highest BCUT2D eigenvalue weighted by molar-refractivity contribution is 6.31. The first-order valence-electron chi connectivity index (χ1n) is 5.40. The lowest BCUT2D eigenvalue weighted by Gasteiger charge is -2.31. The fraction of sp³-hybridized carbons (Fsp3) is 0.538. The van der Waals surface area contributed by atoms with Crippen LogP contribution in [0.1, 0.15) is 37.9 Å². The molecule has 1 aromatic carbocycles. The molecular weight excluding hydrogens is 225 g/mol. The van der Waals surface area contributed by atoms with E-state index >= 15 is 0 Å². The SMILES string of the molecule is CNC(c1cc(C)c(F)cc1Cl)C(C)(C)C. The van der Waals surface area contributed by atoms with E-state index in [0.717, 1.165) is 5.56 Å². The third-order valence-corrected chi connectivity index (χ3v) is 3.07. The molecule has 1 aromatic rings. The predicted molar refractivity (Wildman–Crippen MR) is 67.4 cm³/mol. The fourth-order valence-corrected chi connectivity index (χ4v) is 2.22. The van der Waals surface area contributed by atoms with E-state index in [1.54, 1.807) is 6.92 Å². The fourth-order valence-electron chi connectivity index (χ4n) is 1.96. The Labute approximate surface area is 102 Å².